The lowest BCUT2D eigenvalue weighted by atomic mass is 10.2. The number of hydrogen-bond acceptors (Lipinski definition) is 5. The van der Waals surface area contributed by atoms with Crippen molar-refractivity contribution in [3.8, 4) is 0 Å². The molecule has 0 unspecified atom stereocenters. The van der Waals surface area contributed by atoms with Gasteiger partial charge in [-0.15, -0.1) is 0 Å². The molecule has 2 aromatic rings. The fraction of sp³-hybridized carbons (Fsp3) is 0.167. The molecule has 0 radical (unpaired) electrons. The molecule has 0 fully saturated rings. The van der Waals surface area contributed by atoms with Crippen LogP contribution in [0.15, 0.2) is 38.6 Å². The lowest BCUT2D eigenvalue weighted by molar-refractivity contribution is -0.139. The van der Waals surface area contributed by atoms with Gasteiger partial charge in [-0.2, -0.15) is 4.39 Å². The van der Waals surface area contributed by atoms with Crippen LogP contribution < -0.4 is 16.6 Å². The summed E-state index contributed by atoms with van der Waals surface area (Å²) in [5.74, 6) is -3.62. The number of amides is 1. The molecule has 9 nitrogen and oxygen atoms in total. The molecule has 0 aliphatic heterocycles. The number of carboxylic acid groups (broad SMARTS) is 1. The molecular weight excluding hydrogens is 301 g/mol. The van der Waals surface area contributed by atoms with E-state index in [9.17, 15) is 23.6 Å². The Labute approximate surface area is 121 Å². The summed E-state index contributed by atoms with van der Waals surface area (Å²) in [6.07, 6.45) is 1.79. The summed E-state index contributed by atoms with van der Waals surface area (Å²) in [6.45, 7) is -0.575. The third-order valence-corrected chi connectivity index (χ3v) is 2.70. The fourth-order valence-electron chi connectivity index (χ4n) is 1.64. The maximum Gasteiger partial charge on any atom is 0.328 e. The van der Waals surface area contributed by atoms with E-state index in [-0.39, 0.29) is 5.76 Å². The molecule has 3 N–H and O–H groups in total. The minimum atomic E-state index is -1.53. The van der Waals surface area contributed by atoms with Gasteiger partial charge in [0.15, 0.2) is 5.76 Å². The van der Waals surface area contributed by atoms with Gasteiger partial charge in [0.1, 0.15) is 6.04 Å². The summed E-state index contributed by atoms with van der Waals surface area (Å²) in [5, 5.41) is 11.2. The minimum absolute atomic E-state index is 0.119. The molecule has 2 aromatic heterocycles. The zero-order chi connectivity index (χ0) is 16.3. The van der Waals surface area contributed by atoms with Gasteiger partial charge in [0.05, 0.1) is 19.0 Å². The summed E-state index contributed by atoms with van der Waals surface area (Å²) in [4.78, 5) is 46.9. The number of aromatic nitrogens is 2. The first-order valence-electron chi connectivity index (χ1n) is 5.95. The van der Waals surface area contributed by atoms with Crippen molar-refractivity contribution in [3.05, 3.63) is 57.0 Å². The second-order valence-electron chi connectivity index (χ2n) is 4.23. The summed E-state index contributed by atoms with van der Waals surface area (Å²) in [5.41, 5.74) is -2.21. The predicted octanol–water partition coefficient (Wildman–Crippen LogP) is -0.848. The molecule has 116 valence electrons. The Balaban J connectivity index is 2.21. The van der Waals surface area contributed by atoms with Crippen molar-refractivity contribution in [1.82, 2.24) is 14.9 Å². The monoisotopic (exact) mass is 311 g/mol. The van der Waals surface area contributed by atoms with E-state index in [1.807, 2.05) is 0 Å². The van der Waals surface area contributed by atoms with Gasteiger partial charge in [0.2, 0.25) is 5.82 Å². The Morgan fingerprint density at radius 1 is 1.45 bits per heavy atom. The third-order valence-electron chi connectivity index (χ3n) is 2.70. The molecule has 0 bridgehead atoms. The topological polar surface area (TPSA) is 134 Å². The number of furan rings is 1. The van der Waals surface area contributed by atoms with Crippen molar-refractivity contribution in [3.63, 3.8) is 0 Å². The van der Waals surface area contributed by atoms with Crippen LogP contribution in [0.4, 0.5) is 4.39 Å². The Hall–Kier alpha value is -3.17. The maximum atomic E-state index is 13.1. The number of nitrogens with one attached hydrogen (secondary N) is 2. The Kier molecular flexibility index (Phi) is 4.20. The van der Waals surface area contributed by atoms with E-state index in [0.717, 1.165) is 0 Å². The summed E-state index contributed by atoms with van der Waals surface area (Å²) < 4.78 is 18.6. The van der Waals surface area contributed by atoms with E-state index in [4.69, 9.17) is 9.52 Å². The molecule has 0 aliphatic rings. The average molecular weight is 311 g/mol. The van der Waals surface area contributed by atoms with Crippen molar-refractivity contribution < 1.29 is 23.5 Å². The van der Waals surface area contributed by atoms with Crippen LogP contribution in [-0.2, 0) is 11.3 Å². The van der Waals surface area contributed by atoms with E-state index in [1.165, 1.54) is 18.4 Å². The van der Waals surface area contributed by atoms with Crippen LogP contribution >= 0.6 is 0 Å². The van der Waals surface area contributed by atoms with E-state index < -0.39 is 41.5 Å². The second-order valence-corrected chi connectivity index (χ2v) is 4.23. The lowest BCUT2D eigenvalue weighted by Crippen LogP contribution is -2.46. The van der Waals surface area contributed by atoms with Crippen molar-refractivity contribution in [1.29, 1.82) is 0 Å². The third kappa shape index (κ3) is 3.29. The highest BCUT2D eigenvalue weighted by Gasteiger charge is 2.23. The number of carboxylic acids is 1. The lowest BCUT2D eigenvalue weighted by Gasteiger charge is -2.14. The van der Waals surface area contributed by atoms with Gasteiger partial charge in [-0.25, -0.2) is 9.59 Å². The van der Waals surface area contributed by atoms with Crippen LogP contribution in [0.1, 0.15) is 10.6 Å². The zero-order valence-corrected chi connectivity index (χ0v) is 10.9. The largest absolute Gasteiger partial charge is 0.480 e. The highest BCUT2D eigenvalue weighted by molar-refractivity contribution is 5.94. The SMILES string of the molecule is O=C(N[C@@H](Cn1cc(F)c(=O)[nH]c1=O)C(=O)O)c1ccco1. The van der Waals surface area contributed by atoms with E-state index in [0.29, 0.717) is 10.8 Å². The smallest absolute Gasteiger partial charge is 0.328 e. The van der Waals surface area contributed by atoms with Crippen LogP contribution in [0.5, 0.6) is 0 Å². The molecule has 1 amide bonds. The molecular formula is C12H10FN3O6. The number of halogens is 1. The van der Waals surface area contributed by atoms with Gasteiger partial charge in [0, 0.05) is 0 Å². The van der Waals surface area contributed by atoms with Crippen molar-refractivity contribution in [2.24, 2.45) is 0 Å². The first kappa shape index (κ1) is 15.2. The standard InChI is InChI=1S/C12H10FN3O6/c13-6-4-16(12(21)15-9(6)17)5-7(11(19)20)14-10(18)8-2-1-3-22-8/h1-4,7H,5H2,(H,14,18)(H,19,20)(H,15,17,21)/t7-/m0/s1. The van der Waals surface area contributed by atoms with Crippen molar-refractivity contribution >= 4 is 11.9 Å². The number of hydrogen-bond donors (Lipinski definition) is 3. The quantitative estimate of drug-likeness (QED) is 0.658. The molecule has 2 rings (SSSR count). The molecule has 0 aromatic carbocycles. The second kappa shape index (κ2) is 6.08. The molecule has 0 aliphatic carbocycles. The van der Waals surface area contributed by atoms with Crippen LogP contribution in [-0.4, -0.2) is 32.6 Å². The number of H-pyrrole nitrogens is 1. The first-order chi connectivity index (χ1) is 10.4. The number of nitrogens with zero attached hydrogens (tertiary/aromatic N) is 1. The van der Waals surface area contributed by atoms with Crippen LogP contribution in [0.3, 0.4) is 0 Å². The number of carbonyl (C=O) groups excluding carboxylic acids is 1. The Morgan fingerprint density at radius 3 is 2.77 bits per heavy atom. The van der Waals surface area contributed by atoms with Gasteiger partial charge in [-0.3, -0.25) is 19.1 Å². The highest BCUT2D eigenvalue weighted by Crippen LogP contribution is 2.01. The number of aliphatic carboxylic acids is 1. The van der Waals surface area contributed by atoms with Gasteiger partial charge >= 0.3 is 11.7 Å². The fourth-order valence-corrected chi connectivity index (χ4v) is 1.64. The normalized spacial score (nSPS) is 11.9. The van der Waals surface area contributed by atoms with Gasteiger partial charge in [-0.1, -0.05) is 0 Å². The zero-order valence-electron chi connectivity index (χ0n) is 10.9. The molecule has 0 spiro atoms. The molecule has 22 heavy (non-hydrogen) atoms. The summed E-state index contributed by atoms with van der Waals surface area (Å²) >= 11 is 0. The number of rotatable bonds is 5. The number of carbonyl (C=O) groups is 2. The number of aromatic amines is 1. The van der Waals surface area contributed by atoms with Crippen LogP contribution in [0, 0.1) is 5.82 Å². The average Bonchev–Trinajstić information content (AvgIpc) is 2.97. The predicted molar refractivity (Wildman–Crippen MR) is 68.9 cm³/mol. The highest BCUT2D eigenvalue weighted by atomic mass is 19.1. The first-order valence-corrected chi connectivity index (χ1v) is 5.95. The molecule has 1 atom stereocenters. The van der Waals surface area contributed by atoms with Crippen molar-refractivity contribution in [2.45, 2.75) is 12.6 Å². The maximum absolute atomic E-state index is 13.1. The summed E-state index contributed by atoms with van der Waals surface area (Å²) in [7, 11) is 0. The Bertz CT molecular complexity index is 807. The van der Waals surface area contributed by atoms with E-state index in [1.54, 1.807) is 4.98 Å². The Morgan fingerprint density at radius 2 is 2.18 bits per heavy atom. The molecule has 0 saturated heterocycles. The summed E-state index contributed by atoms with van der Waals surface area (Å²) in [6, 6.07) is 1.23. The minimum Gasteiger partial charge on any atom is -0.480 e. The van der Waals surface area contributed by atoms with Gasteiger partial charge in [0.25, 0.3) is 11.5 Å². The van der Waals surface area contributed by atoms with Crippen LogP contribution in [0.25, 0.3) is 0 Å². The molecule has 10 heteroatoms. The van der Waals surface area contributed by atoms with Gasteiger partial charge in [-0.05, 0) is 12.1 Å². The molecule has 0 saturated carbocycles. The van der Waals surface area contributed by atoms with Gasteiger partial charge < -0.3 is 14.8 Å². The molecule has 2 heterocycles. The van der Waals surface area contributed by atoms with E-state index in [2.05, 4.69) is 5.32 Å². The van der Waals surface area contributed by atoms with Crippen LogP contribution in [0.2, 0.25) is 0 Å². The van der Waals surface area contributed by atoms with Crippen molar-refractivity contribution in [2.75, 3.05) is 0 Å². The van der Waals surface area contributed by atoms with E-state index >= 15 is 0 Å².